The van der Waals surface area contributed by atoms with Crippen LogP contribution in [0.25, 0.3) is 0 Å². The summed E-state index contributed by atoms with van der Waals surface area (Å²) >= 11 is 11.8. The molecule has 2 unspecified atom stereocenters. The summed E-state index contributed by atoms with van der Waals surface area (Å²) in [7, 11) is 0. The fourth-order valence-corrected chi connectivity index (χ4v) is 2.28. The Balaban J connectivity index is 2.41. The summed E-state index contributed by atoms with van der Waals surface area (Å²) in [6.45, 7) is 7.21. The minimum Gasteiger partial charge on any atom is -0.489 e. The molecule has 1 aromatic carbocycles. The summed E-state index contributed by atoms with van der Waals surface area (Å²) in [6, 6.07) is 5.77. The second-order valence-electron chi connectivity index (χ2n) is 4.63. The molecule has 0 spiro atoms. The van der Waals surface area contributed by atoms with Crippen molar-refractivity contribution in [2.75, 3.05) is 6.54 Å². The maximum atomic E-state index is 5.92. The van der Waals surface area contributed by atoms with Crippen LogP contribution in [-0.2, 0) is 0 Å². The average Bonchev–Trinajstić information content (AvgIpc) is 2.25. The van der Waals surface area contributed by atoms with E-state index in [4.69, 9.17) is 27.9 Å². The molecule has 0 aliphatic rings. The van der Waals surface area contributed by atoms with Crippen LogP contribution in [0.5, 0.6) is 5.75 Å². The van der Waals surface area contributed by atoms with Gasteiger partial charge in [0.1, 0.15) is 11.9 Å². The summed E-state index contributed by atoms with van der Waals surface area (Å²) in [5.41, 5.74) is 0. The molecular formula is C14H21Cl2NO. The molecule has 0 bridgehead atoms. The topological polar surface area (TPSA) is 21.3 Å². The first kappa shape index (κ1) is 15.6. The molecule has 0 aliphatic carbocycles. The number of benzene rings is 1. The fraction of sp³-hybridized carbons (Fsp3) is 0.571. The van der Waals surface area contributed by atoms with Gasteiger partial charge in [-0.05, 0) is 38.5 Å². The SMILES string of the molecule is CCCC(C)NCC(C)Oc1cc(Cl)cc(Cl)c1. The predicted octanol–water partition coefficient (Wildman–Crippen LogP) is 4.54. The van der Waals surface area contributed by atoms with Gasteiger partial charge in [0.2, 0.25) is 0 Å². The van der Waals surface area contributed by atoms with Crippen molar-refractivity contribution in [2.24, 2.45) is 0 Å². The Labute approximate surface area is 120 Å². The Kier molecular flexibility index (Phi) is 6.83. The third kappa shape index (κ3) is 5.94. The zero-order valence-electron chi connectivity index (χ0n) is 11.2. The van der Waals surface area contributed by atoms with Crippen LogP contribution in [0.15, 0.2) is 18.2 Å². The van der Waals surface area contributed by atoms with Crippen LogP contribution in [0.1, 0.15) is 33.6 Å². The Morgan fingerprint density at radius 2 is 1.78 bits per heavy atom. The molecule has 102 valence electrons. The molecule has 4 heteroatoms. The highest BCUT2D eigenvalue weighted by Crippen LogP contribution is 2.24. The predicted molar refractivity (Wildman–Crippen MR) is 78.9 cm³/mol. The normalized spacial score (nSPS) is 14.3. The Morgan fingerprint density at radius 3 is 2.33 bits per heavy atom. The molecule has 0 saturated heterocycles. The molecule has 2 atom stereocenters. The summed E-state index contributed by atoms with van der Waals surface area (Å²) in [5.74, 6) is 0.713. The first-order valence-corrected chi connectivity index (χ1v) is 7.13. The van der Waals surface area contributed by atoms with Crippen molar-refractivity contribution in [1.82, 2.24) is 5.32 Å². The molecule has 0 aliphatic heterocycles. The fourth-order valence-electron chi connectivity index (χ4n) is 1.77. The van der Waals surface area contributed by atoms with Crippen molar-refractivity contribution in [3.63, 3.8) is 0 Å². The van der Waals surface area contributed by atoms with Crippen LogP contribution in [0.3, 0.4) is 0 Å². The smallest absolute Gasteiger partial charge is 0.122 e. The Bertz CT molecular complexity index is 351. The van der Waals surface area contributed by atoms with E-state index in [0.29, 0.717) is 21.8 Å². The number of rotatable bonds is 7. The molecule has 0 heterocycles. The van der Waals surface area contributed by atoms with E-state index in [9.17, 15) is 0 Å². The van der Waals surface area contributed by atoms with Crippen LogP contribution in [0.4, 0.5) is 0 Å². The van der Waals surface area contributed by atoms with E-state index in [0.717, 1.165) is 6.54 Å². The molecule has 0 radical (unpaired) electrons. The van der Waals surface area contributed by atoms with Gasteiger partial charge >= 0.3 is 0 Å². The average molecular weight is 290 g/mol. The van der Waals surface area contributed by atoms with Gasteiger partial charge < -0.3 is 10.1 Å². The van der Waals surface area contributed by atoms with Crippen molar-refractivity contribution in [2.45, 2.75) is 45.8 Å². The molecule has 2 nitrogen and oxygen atoms in total. The van der Waals surface area contributed by atoms with E-state index in [-0.39, 0.29) is 6.10 Å². The first-order valence-electron chi connectivity index (χ1n) is 6.37. The van der Waals surface area contributed by atoms with Crippen LogP contribution >= 0.6 is 23.2 Å². The number of hydrogen-bond acceptors (Lipinski definition) is 2. The Hall–Kier alpha value is -0.440. The van der Waals surface area contributed by atoms with Gasteiger partial charge in [-0.2, -0.15) is 0 Å². The monoisotopic (exact) mass is 289 g/mol. The lowest BCUT2D eigenvalue weighted by molar-refractivity contribution is 0.211. The number of nitrogens with one attached hydrogen (secondary N) is 1. The van der Waals surface area contributed by atoms with E-state index in [2.05, 4.69) is 19.2 Å². The van der Waals surface area contributed by atoms with Gasteiger partial charge in [0, 0.05) is 22.6 Å². The van der Waals surface area contributed by atoms with Crippen molar-refractivity contribution in [3.05, 3.63) is 28.2 Å². The highest BCUT2D eigenvalue weighted by molar-refractivity contribution is 6.34. The third-order valence-electron chi connectivity index (χ3n) is 2.65. The van der Waals surface area contributed by atoms with Gasteiger partial charge in [0.15, 0.2) is 0 Å². The van der Waals surface area contributed by atoms with Gasteiger partial charge in [0.05, 0.1) is 0 Å². The van der Waals surface area contributed by atoms with Crippen molar-refractivity contribution >= 4 is 23.2 Å². The molecule has 0 saturated carbocycles. The molecule has 1 aromatic rings. The zero-order valence-corrected chi connectivity index (χ0v) is 12.7. The molecule has 0 amide bonds. The summed E-state index contributed by atoms with van der Waals surface area (Å²) < 4.78 is 5.77. The second kappa shape index (κ2) is 7.88. The zero-order chi connectivity index (χ0) is 13.5. The number of halogens is 2. The number of hydrogen-bond donors (Lipinski definition) is 1. The number of ether oxygens (including phenoxy) is 1. The highest BCUT2D eigenvalue weighted by Gasteiger charge is 2.07. The van der Waals surface area contributed by atoms with Crippen molar-refractivity contribution in [1.29, 1.82) is 0 Å². The summed E-state index contributed by atoms with van der Waals surface area (Å²) in [5, 5.41) is 4.63. The van der Waals surface area contributed by atoms with Gasteiger partial charge in [-0.1, -0.05) is 36.5 Å². The first-order chi connectivity index (χ1) is 8.51. The van der Waals surface area contributed by atoms with E-state index >= 15 is 0 Å². The van der Waals surface area contributed by atoms with Gasteiger partial charge in [-0.3, -0.25) is 0 Å². The molecular weight excluding hydrogens is 269 g/mol. The second-order valence-corrected chi connectivity index (χ2v) is 5.50. The highest BCUT2D eigenvalue weighted by atomic mass is 35.5. The molecule has 1 rings (SSSR count). The molecule has 18 heavy (non-hydrogen) atoms. The van der Waals surface area contributed by atoms with Crippen LogP contribution in [0.2, 0.25) is 10.0 Å². The van der Waals surface area contributed by atoms with Crippen molar-refractivity contribution < 1.29 is 4.74 Å². The lowest BCUT2D eigenvalue weighted by atomic mass is 10.2. The molecule has 0 fully saturated rings. The minimum absolute atomic E-state index is 0.0823. The van der Waals surface area contributed by atoms with Crippen LogP contribution in [0, 0.1) is 0 Å². The van der Waals surface area contributed by atoms with E-state index in [1.165, 1.54) is 12.8 Å². The van der Waals surface area contributed by atoms with Crippen LogP contribution in [-0.4, -0.2) is 18.7 Å². The van der Waals surface area contributed by atoms with Crippen molar-refractivity contribution in [3.8, 4) is 5.75 Å². The third-order valence-corrected chi connectivity index (χ3v) is 3.09. The lowest BCUT2D eigenvalue weighted by Gasteiger charge is -2.19. The molecule has 0 aromatic heterocycles. The lowest BCUT2D eigenvalue weighted by Crippen LogP contribution is -2.34. The summed E-state index contributed by atoms with van der Waals surface area (Å²) in [6.07, 6.45) is 2.45. The maximum absolute atomic E-state index is 5.92. The quantitative estimate of drug-likeness (QED) is 0.796. The van der Waals surface area contributed by atoms with E-state index < -0.39 is 0 Å². The van der Waals surface area contributed by atoms with E-state index in [1.807, 2.05) is 6.92 Å². The molecule has 1 N–H and O–H groups in total. The minimum atomic E-state index is 0.0823. The van der Waals surface area contributed by atoms with E-state index in [1.54, 1.807) is 18.2 Å². The summed E-state index contributed by atoms with van der Waals surface area (Å²) in [4.78, 5) is 0. The van der Waals surface area contributed by atoms with Gasteiger partial charge in [-0.25, -0.2) is 0 Å². The standard InChI is InChI=1S/C14H21Cl2NO/c1-4-5-10(2)17-9-11(3)18-14-7-12(15)6-13(16)8-14/h6-8,10-11,17H,4-5,9H2,1-3H3. The maximum Gasteiger partial charge on any atom is 0.122 e. The van der Waals surface area contributed by atoms with Gasteiger partial charge in [0.25, 0.3) is 0 Å². The van der Waals surface area contributed by atoms with Gasteiger partial charge in [-0.15, -0.1) is 0 Å². The largest absolute Gasteiger partial charge is 0.489 e. The van der Waals surface area contributed by atoms with Crippen LogP contribution < -0.4 is 10.1 Å². The Morgan fingerprint density at radius 1 is 1.17 bits per heavy atom.